The maximum Gasteiger partial charge on any atom is 0.293 e. The number of sulfonamides is 1. The summed E-state index contributed by atoms with van der Waals surface area (Å²) in [4.78, 5) is 42.2. The van der Waals surface area contributed by atoms with E-state index < -0.39 is 48.5 Å². The van der Waals surface area contributed by atoms with Crippen molar-refractivity contribution in [2.45, 2.75) is 107 Å². The molecule has 2 aromatic heterocycles. The van der Waals surface area contributed by atoms with Crippen LogP contribution >= 0.6 is 0 Å². The van der Waals surface area contributed by atoms with Crippen molar-refractivity contribution < 1.29 is 41.1 Å². The van der Waals surface area contributed by atoms with Crippen LogP contribution in [0.15, 0.2) is 102 Å². The van der Waals surface area contributed by atoms with E-state index in [4.69, 9.17) is 14.2 Å². The second-order valence-electron chi connectivity index (χ2n) is 22.9. The fourth-order valence-corrected chi connectivity index (χ4v) is 13.9. The van der Waals surface area contributed by atoms with Crippen molar-refractivity contribution in [2.24, 2.45) is 5.41 Å². The van der Waals surface area contributed by atoms with Gasteiger partial charge in [-0.05, 0) is 122 Å². The third-order valence-corrected chi connectivity index (χ3v) is 18.7. The van der Waals surface area contributed by atoms with Gasteiger partial charge in [-0.3, -0.25) is 29.6 Å². The standard InChI is InChI=1S/C60H71F2N9O8S/c1-40(2)47-8-4-5-9-48(47)54-38-68(36-41-10-13-55(77-3)43(28-41)37-67-20-6-7-21-67)24-25-70(54)44-33-59(34-44)15-22-69(23-16-59)52-32-56(79-45-29-42-14-19-63-57(42)64-35-45)49(31-50(52)61)58(72)66-80(75,76)46-11-12-51(53(30-46)71(73)74)65-39-60(62)17-26-78-27-18-60/h4-5,8-14,19,28-32,35,40,44,54,65H,6-7,15-18,20-27,33-34,36-39H2,1-3H3,(H,63,64)(H,66,72)/t54-/m0/s1. The fraction of sp³-hybridized carbons (Fsp3) is 0.467. The number of carbonyl (C=O) groups excluding carboxylic acids is 1. The molecule has 5 fully saturated rings. The Morgan fingerprint density at radius 2 is 1.69 bits per heavy atom. The maximum atomic E-state index is 16.7. The molecule has 5 aliphatic rings. The van der Waals surface area contributed by atoms with Gasteiger partial charge in [0.25, 0.3) is 21.6 Å². The van der Waals surface area contributed by atoms with Gasteiger partial charge in [0.1, 0.15) is 40.1 Å². The normalized spacial score (nSPS) is 20.0. The number of aromatic nitrogens is 2. The zero-order valence-electron chi connectivity index (χ0n) is 45.7. The number of benzene rings is 4. The molecule has 3 N–H and O–H groups in total. The number of nitrogens with one attached hydrogen (secondary N) is 3. The zero-order valence-corrected chi connectivity index (χ0v) is 46.5. The molecular formula is C60H71F2N9O8S. The average molecular weight is 1120 g/mol. The summed E-state index contributed by atoms with van der Waals surface area (Å²) in [6, 6.07) is 25.1. The Balaban J connectivity index is 0.790. The highest BCUT2D eigenvalue weighted by atomic mass is 32.2. The van der Waals surface area contributed by atoms with Gasteiger partial charge in [0.05, 0.1) is 34.4 Å². The number of carbonyl (C=O) groups is 1. The van der Waals surface area contributed by atoms with Crippen molar-refractivity contribution in [3.63, 3.8) is 0 Å². The number of nitrogens with zero attached hydrogens (tertiary/aromatic N) is 6. The number of anilines is 2. The topological polar surface area (TPSA) is 188 Å². The van der Waals surface area contributed by atoms with E-state index >= 15 is 8.78 Å². The number of methoxy groups -OCH3 is 1. The van der Waals surface area contributed by atoms with Crippen LogP contribution in [-0.4, -0.2) is 128 Å². The van der Waals surface area contributed by atoms with Crippen LogP contribution in [-0.2, 0) is 27.8 Å². The smallest absolute Gasteiger partial charge is 0.293 e. The van der Waals surface area contributed by atoms with Crippen LogP contribution in [0.25, 0.3) is 11.0 Å². The number of piperazine rings is 1. The summed E-state index contributed by atoms with van der Waals surface area (Å²) in [5.41, 5.74) is 3.38. The zero-order chi connectivity index (χ0) is 55.8. The third kappa shape index (κ3) is 11.9. The fourth-order valence-electron chi connectivity index (χ4n) is 12.9. The number of H-pyrrole nitrogens is 1. The number of hydrogen-bond acceptors (Lipinski definition) is 14. The van der Waals surface area contributed by atoms with Crippen molar-refractivity contribution >= 4 is 44.0 Å². The predicted molar refractivity (Wildman–Crippen MR) is 302 cm³/mol. The Kier molecular flexibility index (Phi) is 15.9. The SMILES string of the molecule is COc1ccc(CN2CCN(C3CC4(CCN(c5cc(Oc6cnc7[nH]ccc7c6)c(C(=O)NS(=O)(=O)c6ccc(NCC7(F)CCOCC7)c([N+](=O)[O-])c6)cc5F)CC4)C3)[C@H](c3ccccc3C(C)C)C2)cc1CN1CCCC1. The van der Waals surface area contributed by atoms with Gasteiger partial charge >= 0.3 is 0 Å². The summed E-state index contributed by atoms with van der Waals surface area (Å²) in [5.74, 6) is -0.543. The highest BCUT2D eigenvalue weighted by Crippen LogP contribution is 2.54. The van der Waals surface area contributed by atoms with Crippen LogP contribution in [0.2, 0.25) is 0 Å². The molecule has 1 amide bonds. The Hall–Kier alpha value is -6.71. The summed E-state index contributed by atoms with van der Waals surface area (Å²) in [6.07, 6.45) is 9.58. The van der Waals surface area contributed by atoms with E-state index in [2.05, 4.69) is 86.3 Å². The number of rotatable bonds is 18. The van der Waals surface area contributed by atoms with Gasteiger partial charge in [-0.25, -0.2) is 26.9 Å². The molecule has 6 heterocycles. The third-order valence-electron chi connectivity index (χ3n) is 17.4. The lowest BCUT2D eigenvalue weighted by molar-refractivity contribution is -0.384. The number of nitro benzene ring substituents is 1. The van der Waals surface area contributed by atoms with Crippen LogP contribution in [0.3, 0.4) is 0 Å². The van der Waals surface area contributed by atoms with E-state index in [1.54, 1.807) is 25.4 Å². The van der Waals surface area contributed by atoms with Crippen LogP contribution in [0, 0.1) is 21.3 Å². The largest absolute Gasteiger partial charge is 0.496 e. The first-order valence-electron chi connectivity index (χ1n) is 28.1. The summed E-state index contributed by atoms with van der Waals surface area (Å²) in [5, 5.41) is 15.7. The Bertz CT molecular complexity index is 3350. The van der Waals surface area contributed by atoms with Gasteiger partial charge in [-0.15, -0.1) is 0 Å². The molecule has 424 valence electrons. The van der Waals surface area contributed by atoms with E-state index in [0.29, 0.717) is 36.1 Å². The lowest BCUT2D eigenvalue weighted by Gasteiger charge is -2.58. The number of amides is 1. The summed E-state index contributed by atoms with van der Waals surface area (Å²) in [6.45, 7) is 12.7. The Labute approximate surface area is 466 Å². The molecule has 4 aromatic carbocycles. The molecule has 1 aliphatic carbocycles. The molecular weight excluding hydrogens is 1040 g/mol. The molecule has 6 aromatic rings. The quantitative estimate of drug-likeness (QED) is 0.0545. The highest BCUT2D eigenvalue weighted by molar-refractivity contribution is 7.90. The first kappa shape index (κ1) is 55.2. The molecule has 0 radical (unpaired) electrons. The van der Waals surface area contributed by atoms with Gasteiger partial charge in [0.15, 0.2) is 0 Å². The van der Waals surface area contributed by atoms with Gasteiger partial charge in [0, 0.05) is 120 Å². The predicted octanol–water partition coefficient (Wildman–Crippen LogP) is 10.5. The van der Waals surface area contributed by atoms with Crippen molar-refractivity contribution in [2.75, 3.05) is 82.9 Å². The maximum absolute atomic E-state index is 16.7. The number of piperidine rings is 1. The van der Waals surface area contributed by atoms with Crippen molar-refractivity contribution in [1.82, 2.24) is 29.4 Å². The first-order chi connectivity index (χ1) is 38.5. The Morgan fingerprint density at radius 3 is 2.44 bits per heavy atom. The summed E-state index contributed by atoms with van der Waals surface area (Å²) >= 11 is 0. The van der Waals surface area contributed by atoms with E-state index in [0.717, 1.165) is 102 Å². The number of nitro groups is 1. The number of aromatic amines is 1. The molecule has 80 heavy (non-hydrogen) atoms. The number of halogens is 2. The summed E-state index contributed by atoms with van der Waals surface area (Å²) in [7, 11) is -3.03. The molecule has 11 rings (SSSR count). The van der Waals surface area contributed by atoms with Crippen molar-refractivity contribution in [3.05, 3.63) is 141 Å². The number of ether oxygens (including phenoxy) is 3. The molecule has 4 aliphatic heterocycles. The number of alkyl halides is 1. The molecule has 0 unspecified atom stereocenters. The molecule has 4 saturated heterocycles. The number of fused-ring (bicyclic) bond motifs is 1. The lowest BCUT2D eigenvalue weighted by atomic mass is 9.59. The second kappa shape index (κ2) is 23.0. The molecule has 20 heteroatoms. The summed E-state index contributed by atoms with van der Waals surface area (Å²) < 4.78 is 79.0. The van der Waals surface area contributed by atoms with E-state index in [1.807, 2.05) is 9.62 Å². The van der Waals surface area contributed by atoms with E-state index in [9.17, 15) is 23.3 Å². The van der Waals surface area contributed by atoms with Crippen LogP contribution in [0.5, 0.6) is 17.2 Å². The Morgan fingerprint density at radius 1 is 0.912 bits per heavy atom. The molecule has 1 saturated carbocycles. The minimum atomic E-state index is -4.79. The average Bonchev–Trinajstić information content (AvgIpc) is 4.25. The van der Waals surface area contributed by atoms with Gasteiger partial charge < -0.3 is 29.4 Å². The van der Waals surface area contributed by atoms with Crippen LogP contribution in [0.4, 0.5) is 25.8 Å². The number of pyridine rings is 1. The monoisotopic (exact) mass is 1120 g/mol. The number of likely N-dealkylation sites (tertiary alicyclic amines) is 1. The molecule has 1 atom stereocenters. The van der Waals surface area contributed by atoms with Gasteiger partial charge in [-0.2, -0.15) is 0 Å². The molecule has 0 bridgehead atoms. The lowest BCUT2D eigenvalue weighted by Crippen LogP contribution is -2.60. The number of hydrogen-bond donors (Lipinski definition) is 3. The van der Waals surface area contributed by atoms with E-state index in [-0.39, 0.29) is 66.9 Å². The van der Waals surface area contributed by atoms with Crippen LogP contribution in [0.1, 0.15) is 110 Å². The van der Waals surface area contributed by atoms with Crippen molar-refractivity contribution in [1.29, 1.82) is 0 Å². The minimum absolute atomic E-state index is 0.0838. The molecule has 17 nitrogen and oxygen atoms in total. The highest BCUT2D eigenvalue weighted by Gasteiger charge is 2.50. The second-order valence-corrected chi connectivity index (χ2v) is 24.6. The minimum Gasteiger partial charge on any atom is -0.496 e. The van der Waals surface area contributed by atoms with Gasteiger partial charge in [-0.1, -0.05) is 44.2 Å². The van der Waals surface area contributed by atoms with Crippen molar-refractivity contribution in [3.8, 4) is 17.2 Å². The van der Waals surface area contributed by atoms with Crippen LogP contribution < -0.4 is 24.4 Å². The van der Waals surface area contributed by atoms with Gasteiger partial charge in [0.2, 0.25) is 0 Å². The van der Waals surface area contributed by atoms with E-state index in [1.165, 1.54) is 47.4 Å². The molecule has 1 spiro atoms. The first-order valence-corrected chi connectivity index (χ1v) is 29.5.